The molecule has 7 atom stereocenters. The van der Waals surface area contributed by atoms with Crippen LogP contribution in [0.3, 0.4) is 0 Å². The average Bonchev–Trinajstić information content (AvgIpc) is 1.48. The number of nitrogens with one attached hydrogen (secondary N) is 4. The van der Waals surface area contributed by atoms with E-state index >= 15 is 0 Å². The molecule has 0 bridgehead atoms. The molecular formula is C75H93N19O9S4. The minimum absolute atomic E-state index is 0.0627. The molecule has 4 N–H and O–H groups in total. The molecule has 6 fully saturated rings. The molecule has 11 aliphatic rings. The van der Waals surface area contributed by atoms with E-state index in [0.29, 0.717) is 141 Å². The molecule has 107 heavy (non-hydrogen) atoms. The minimum Gasteiger partial charge on any atom is -0.364 e. The first-order chi connectivity index (χ1) is 51.6. The van der Waals surface area contributed by atoms with E-state index < -0.39 is 42.1 Å². The number of para-hydroxylation sites is 3. The van der Waals surface area contributed by atoms with Crippen LogP contribution >= 0.6 is 0 Å². The molecule has 0 aliphatic carbocycles. The molecule has 6 saturated heterocycles. The summed E-state index contributed by atoms with van der Waals surface area (Å²) in [4.78, 5) is 93.6. The minimum atomic E-state index is -2.36. The van der Waals surface area contributed by atoms with Crippen molar-refractivity contribution in [3.63, 3.8) is 0 Å². The predicted octanol–water partition coefficient (Wildman–Crippen LogP) is 6.64. The molecule has 0 radical (unpaired) electrons. The zero-order valence-electron chi connectivity index (χ0n) is 61.3. The summed E-state index contributed by atoms with van der Waals surface area (Å²) in [5.41, 5.74) is 8.37. The number of aryl methyl sites for hydroxylation is 3. The van der Waals surface area contributed by atoms with E-state index in [1.807, 2.05) is 79.9 Å². The molecule has 2 spiro atoms. The molecule has 7 aromatic rings. The normalized spacial score (nSPS) is 24.9. The van der Waals surface area contributed by atoms with Crippen LogP contribution in [0.15, 0.2) is 92.0 Å². The molecule has 15 heterocycles. The first-order valence-electron chi connectivity index (χ1n) is 37.4. The molecule has 0 saturated carbocycles. The largest absolute Gasteiger partial charge is 0.364 e. The van der Waals surface area contributed by atoms with E-state index in [9.17, 15) is 36.0 Å². The lowest BCUT2D eigenvalue weighted by atomic mass is 9.74. The number of carbonyl (C=O) groups excluding carboxylic acids is 4. The van der Waals surface area contributed by atoms with Gasteiger partial charge in [0.25, 0.3) is 0 Å². The zero-order valence-corrected chi connectivity index (χ0v) is 64.5. The van der Waals surface area contributed by atoms with Gasteiger partial charge in [-0.05, 0) is 93.5 Å². The Bertz CT molecular complexity index is 4870. The van der Waals surface area contributed by atoms with E-state index in [4.69, 9.17) is 34.4 Å². The van der Waals surface area contributed by atoms with Gasteiger partial charge in [-0.25, -0.2) is 24.0 Å². The Morgan fingerprint density at radius 3 is 1.44 bits per heavy atom. The van der Waals surface area contributed by atoms with Crippen molar-refractivity contribution in [1.82, 2.24) is 54.7 Å². The predicted molar refractivity (Wildman–Crippen MR) is 417 cm³/mol. The molecule has 32 heteroatoms. The highest BCUT2D eigenvalue weighted by Crippen LogP contribution is 2.50. The molecule has 4 unspecified atom stereocenters. The third-order valence-electron chi connectivity index (χ3n) is 23.7. The first kappa shape index (κ1) is 72.3. The number of hydrogen-bond acceptors (Lipinski definition) is 22. The second-order valence-electron chi connectivity index (χ2n) is 30.5. The number of urea groups is 1. The van der Waals surface area contributed by atoms with Crippen LogP contribution in [0.5, 0.6) is 0 Å². The quantitative estimate of drug-likeness (QED) is 0.0987. The number of likely N-dealkylation sites (N-methyl/N-ethyl adjacent to an activating group) is 3. The van der Waals surface area contributed by atoms with E-state index in [0.717, 1.165) is 144 Å². The van der Waals surface area contributed by atoms with Crippen LogP contribution in [-0.4, -0.2) is 236 Å². The number of rotatable bonds is 11. The summed E-state index contributed by atoms with van der Waals surface area (Å²) in [5, 5.41) is 19.0. The van der Waals surface area contributed by atoms with E-state index in [-0.39, 0.29) is 52.8 Å². The second kappa shape index (κ2) is 29.3. The van der Waals surface area contributed by atoms with Gasteiger partial charge in [0.05, 0.1) is 66.4 Å². The van der Waals surface area contributed by atoms with Crippen molar-refractivity contribution in [2.75, 3.05) is 157 Å². The third-order valence-corrected chi connectivity index (χ3v) is 29.3. The number of aromatic nitrogens is 7. The highest BCUT2D eigenvalue weighted by Gasteiger charge is 2.49. The smallest absolute Gasteiger partial charge is 0.322 e. The van der Waals surface area contributed by atoms with Crippen LogP contribution in [0, 0.1) is 0 Å². The highest BCUT2D eigenvalue weighted by atomic mass is 32.2. The summed E-state index contributed by atoms with van der Waals surface area (Å²) >= 11 is 0. The lowest BCUT2D eigenvalue weighted by molar-refractivity contribution is -0.132. The number of likely N-dealkylation sites (tertiary alicyclic amines) is 3. The summed E-state index contributed by atoms with van der Waals surface area (Å²) in [6.07, 6.45) is 12.7. The fourth-order valence-corrected chi connectivity index (χ4v) is 22.6. The van der Waals surface area contributed by atoms with Gasteiger partial charge in [-0.3, -0.25) is 31.3 Å². The molecule has 3 aromatic carbocycles. The Labute approximate surface area is 630 Å². The summed E-state index contributed by atoms with van der Waals surface area (Å²) < 4.78 is 58.8. The Balaban J connectivity index is 0.000000123. The van der Waals surface area contributed by atoms with Crippen LogP contribution in [0.1, 0.15) is 117 Å². The number of benzene rings is 3. The number of hydrogen-bond donors (Lipinski definition) is 4. The lowest BCUT2D eigenvalue weighted by Gasteiger charge is -2.50. The molecule has 28 nitrogen and oxygen atoms in total. The maximum Gasteiger partial charge on any atom is 0.322 e. The maximum atomic E-state index is 13.0. The summed E-state index contributed by atoms with van der Waals surface area (Å²) in [5.74, 6) is 10.5. The van der Waals surface area contributed by atoms with Crippen LogP contribution in [0.2, 0.25) is 0 Å². The van der Waals surface area contributed by atoms with Gasteiger partial charge in [-0.15, -0.1) is 0 Å². The Morgan fingerprint density at radius 2 is 0.963 bits per heavy atom. The summed E-state index contributed by atoms with van der Waals surface area (Å²) in [6.45, 7) is 7.16. The van der Waals surface area contributed by atoms with Crippen molar-refractivity contribution in [2.24, 2.45) is 0 Å². The SMILES string of the molecule is C=S(C)(=O)N1CC2(CCN(c3nc4c(c(N[C@H]5CCC(=O)N(C)C5)n3)S(=O)CC4)CC2)c2ccccc21.CN1C[C@@H](Nc2nc(N3CCC(c4noc5ccccc45)CC3)nc3c2S(=O)CC3)CCC1=O.CN1C[C@@H](Nc2nc(N3CCC4(CC3)c3ccccc3NC(=O)N4C)nc3c2S(=O)CC3)CCC1=O. The monoisotopic (exact) mass is 1530 g/mol. The molecule has 18 rings (SSSR count). The zero-order chi connectivity index (χ0) is 74.2. The first-order valence-corrected chi connectivity index (χ1v) is 43.4. The molecule has 5 amide bonds. The van der Waals surface area contributed by atoms with Crippen LogP contribution in [0.25, 0.3) is 11.0 Å². The van der Waals surface area contributed by atoms with Gasteiger partial charge in [0.2, 0.25) is 35.6 Å². The van der Waals surface area contributed by atoms with Crippen molar-refractivity contribution in [3.05, 3.63) is 107 Å². The van der Waals surface area contributed by atoms with Crippen molar-refractivity contribution >= 4 is 129 Å². The molecular weight excluding hydrogens is 1440 g/mol. The standard InChI is InChI=1S/C26H34N6O3S2.C25H31N7O3S.C24H28N6O3S/c1-30-16-18(8-9-22(30)33)27-24-23-20(10-15-36(23)34)28-25(29-24)31-13-11-26(12-14-31)17-32(37(2,3)35)21-7-5-4-6-19(21)26;1-30-15-16(7-8-20(30)33)26-22-21-19(9-14-36(21)35)27-23(29-22)32-12-10-25(11-13-32)17-5-3-4-6-18(17)28-24(34)31(25)2;1-29-14-16(6-7-20(29)31)25-23-22-18(10-13-34(22)32)26-24(27-23)30-11-8-15(9-12-30)21-17-4-2-3-5-19(17)33-28-21/h4-7,18H,2,8-17H2,1,3H3,(H,27,28,29);3-6,16H,7-15H2,1-2H3,(H,28,34)(H,26,27,29);2-5,15-16H,6-14H2,1H3,(H,25,26,27)/t18-,36?,37?;16-,36?;16-,34?/m000/s1. The number of anilines is 8. The number of amides is 5. The van der Waals surface area contributed by atoms with Gasteiger partial charge in [-0.1, -0.05) is 53.7 Å². The van der Waals surface area contributed by atoms with Crippen molar-refractivity contribution < 1.29 is 40.5 Å². The van der Waals surface area contributed by atoms with Gasteiger partial charge in [0.1, 0.15) is 32.1 Å². The van der Waals surface area contributed by atoms with E-state index in [2.05, 4.69) is 77.3 Å². The maximum absolute atomic E-state index is 13.0. The number of piperidine rings is 6. The molecule has 566 valence electrons. The van der Waals surface area contributed by atoms with Crippen molar-refractivity contribution in [1.29, 1.82) is 0 Å². The number of fused-ring (bicyclic) bond motifs is 8. The lowest BCUT2D eigenvalue weighted by Crippen LogP contribution is -2.57. The molecule has 4 aromatic heterocycles. The van der Waals surface area contributed by atoms with E-state index in [1.165, 1.54) is 5.56 Å². The van der Waals surface area contributed by atoms with Gasteiger partial charge in [0.15, 0.2) is 5.58 Å². The van der Waals surface area contributed by atoms with Gasteiger partial charge >= 0.3 is 6.03 Å². The fraction of sp³-hybridized carbons (Fsp3) is 0.520. The average molecular weight is 1530 g/mol. The number of nitrogens with zero attached hydrogens (tertiary/aromatic N) is 15. The Kier molecular flexibility index (Phi) is 19.8. The van der Waals surface area contributed by atoms with Crippen LogP contribution in [0.4, 0.5) is 51.5 Å². The summed E-state index contributed by atoms with van der Waals surface area (Å²) in [7, 11) is 1.65. The van der Waals surface area contributed by atoms with Crippen molar-refractivity contribution in [2.45, 2.75) is 146 Å². The van der Waals surface area contributed by atoms with Crippen LogP contribution in [-0.2, 0) is 86.7 Å². The topological polar surface area (TPSA) is 314 Å². The summed E-state index contributed by atoms with van der Waals surface area (Å²) in [6, 6.07) is 24.5. The fourth-order valence-electron chi connectivity index (χ4n) is 17.5. The van der Waals surface area contributed by atoms with Crippen LogP contribution < -0.4 is 40.3 Å². The van der Waals surface area contributed by atoms with Gasteiger partial charge < -0.3 is 60.1 Å². The van der Waals surface area contributed by atoms with E-state index in [1.54, 1.807) is 21.0 Å². The van der Waals surface area contributed by atoms with Gasteiger partial charge in [-0.2, -0.15) is 15.0 Å². The highest BCUT2D eigenvalue weighted by molar-refractivity contribution is 8.00. The van der Waals surface area contributed by atoms with Gasteiger partial charge in [0, 0.05) is 211 Å². The Morgan fingerprint density at radius 1 is 0.533 bits per heavy atom. The Hall–Kier alpha value is -8.88. The third kappa shape index (κ3) is 14.0. The molecule has 11 aliphatic heterocycles. The second-order valence-corrected chi connectivity index (χ2v) is 37.3. The van der Waals surface area contributed by atoms with Crippen molar-refractivity contribution in [3.8, 4) is 0 Å². The number of carbonyl (C=O) groups is 4.